The molecule has 1 amide bonds. The van der Waals surface area contributed by atoms with E-state index in [1.165, 1.54) is 0 Å². The van der Waals surface area contributed by atoms with Crippen molar-refractivity contribution in [3.63, 3.8) is 0 Å². The minimum atomic E-state index is 0. The number of nitrogens with zero attached hydrogens (tertiary/aromatic N) is 2. The second-order valence-corrected chi connectivity index (χ2v) is 4.83. The Balaban J connectivity index is 0.00000162. The third kappa shape index (κ3) is 4.39. The van der Waals surface area contributed by atoms with Gasteiger partial charge < -0.3 is 15.0 Å². The zero-order valence-corrected chi connectivity index (χ0v) is 11.9. The van der Waals surface area contributed by atoms with Gasteiger partial charge in [-0.25, -0.2) is 0 Å². The molecule has 1 N–H and O–H groups in total. The fourth-order valence-electron chi connectivity index (χ4n) is 2.48. The zero-order valence-electron chi connectivity index (χ0n) is 11.1. The minimum absolute atomic E-state index is 0. The molecule has 5 nitrogen and oxygen atoms in total. The molecule has 0 spiro atoms. The Labute approximate surface area is 115 Å². The standard InChI is InChI=1S/C12H23N3O2.ClH/c1-13-11-2-4-14(5-3-11)10-12(16)15-6-8-17-9-7-15;/h11,13H,2-10H2,1H3;1H. The molecule has 2 aliphatic heterocycles. The number of carbonyl (C=O) groups excluding carboxylic acids is 1. The second kappa shape index (κ2) is 7.94. The van der Waals surface area contributed by atoms with E-state index in [0.29, 0.717) is 25.8 Å². The average molecular weight is 278 g/mol. The van der Waals surface area contributed by atoms with Crippen molar-refractivity contribution in [2.45, 2.75) is 18.9 Å². The molecule has 0 aliphatic carbocycles. The van der Waals surface area contributed by atoms with E-state index < -0.39 is 0 Å². The Hall–Kier alpha value is -0.360. The summed E-state index contributed by atoms with van der Waals surface area (Å²) in [5, 5.41) is 3.30. The molecule has 0 bridgehead atoms. The molecule has 0 aromatic carbocycles. The van der Waals surface area contributed by atoms with Gasteiger partial charge in [-0.15, -0.1) is 12.4 Å². The van der Waals surface area contributed by atoms with Crippen molar-refractivity contribution in [3.8, 4) is 0 Å². The van der Waals surface area contributed by atoms with Crippen LogP contribution >= 0.6 is 12.4 Å². The van der Waals surface area contributed by atoms with Crippen LogP contribution in [0.3, 0.4) is 0 Å². The van der Waals surface area contributed by atoms with E-state index in [2.05, 4.69) is 10.2 Å². The monoisotopic (exact) mass is 277 g/mol. The first kappa shape index (κ1) is 15.7. The van der Waals surface area contributed by atoms with Crippen molar-refractivity contribution >= 4 is 18.3 Å². The van der Waals surface area contributed by atoms with E-state index in [9.17, 15) is 4.79 Å². The van der Waals surface area contributed by atoms with Gasteiger partial charge >= 0.3 is 0 Å². The van der Waals surface area contributed by atoms with Crippen LogP contribution in [0.25, 0.3) is 0 Å². The summed E-state index contributed by atoms with van der Waals surface area (Å²) < 4.78 is 5.25. The number of likely N-dealkylation sites (tertiary alicyclic amines) is 1. The molecule has 18 heavy (non-hydrogen) atoms. The van der Waals surface area contributed by atoms with Crippen molar-refractivity contribution in [2.24, 2.45) is 0 Å². The summed E-state index contributed by atoms with van der Waals surface area (Å²) >= 11 is 0. The first-order chi connectivity index (χ1) is 8.29. The lowest BCUT2D eigenvalue weighted by Crippen LogP contribution is -2.48. The number of rotatable bonds is 3. The SMILES string of the molecule is CNC1CCN(CC(=O)N2CCOCC2)CC1.Cl. The predicted molar refractivity (Wildman–Crippen MR) is 73.2 cm³/mol. The number of hydrogen-bond acceptors (Lipinski definition) is 4. The smallest absolute Gasteiger partial charge is 0.236 e. The average Bonchev–Trinajstić information content (AvgIpc) is 2.40. The molecule has 2 heterocycles. The molecule has 2 saturated heterocycles. The molecule has 0 saturated carbocycles. The Bertz CT molecular complexity index is 252. The lowest BCUT2D eigenvalue weighted by Gasteiger charge is -2.34. The van der Waals surface area contributed by atoms with E-state index in [0.717, 1.165) is 39.0 Å². The van der Waals surface area contributed by atoms with Crippen LogP contribution in [0.15, 0.2) is 0 Å². The van der Waals surface area contributed by atoms with E-state index >= 15 is 0 Å². The van der Waals surface area contributed by atoms with Gasteiger partial charge in [0.05, 0.1) is 19.8 Å². The summed E-state index contributed by atoms with van der Waals surface area (Å²) in [4.78, 5) is 16.2. The van der Waals surface area contributed by atoms with Gasteiger partial charge in [0.2, 0.25) is 5.91 Å². The van der Waals surface area contributed by atoms with Gasteiger partial charge in [-0.1, -0.05) is 0 Å². The number of amides is 1. The van der Waals surface area contributed by atoms with Crippen molar-refractivity contribution in [3.05, 3.63) is 0 Å². The van der Waals surface area contributed by atoms with E-state index in [1.807, 2.05) is 11.9 Å². The summed E-state index contributed by atoms with van der Waals surface area (Å²) in [6.45, 7) is 5.53. The molecule has 0 unspecified atom stereocenters. The van der Waals surface area contributed by atoms with Gasteiger partial charge in [0.15, 0.2) is 0 Å². The molecule has 0 aromatic heterocycles. The number of ether oxygens (including phenoxy) is 1. The molecule has 106 valence electrons. The topological polar surface area (TPSA) is 44.8 Å². The quantitative estimate of drug-likeness (QED) is 0.786. The van der Waals surface area contributed by atoms with Gasteiger partial charge in [-0.05, 0) is 19.9 Å². The highest BCUT2D eigenvalue weighted by molar-refractivity contribution is 5.85. The molecule has 2 fully saturated rings. The van der Waals surface area contributed by atoms with Crippen molar-refractivity contribution in [1.29, 1.82) is 0 Å². The normalized spacial score (nSPS) is 22.6. The largest absolute Gasteiger partial charge is 0.378 e. The Morgan fingerprint density at radius 1 is 1.22 bits per heavy atom. The van der Waals surface area contributed by atoms with Crippen LogP contribution in [0.2, 0.25) is 0 Å². The Morgan fingerprint density at radius 3 is 2.39 bits per heavy atom. The van der Waals surface area contributed by atoms with Crippen molar-refractivity contribution in [1.82, 2.24) is 15.1 Å². The maximum absolute atomic E-state index is 12.0. The first-order valence-electron chi connectivity index (χ1n) is 6.54. The van der Waals surface area contributed by atoms with Crippen LogP contribution < -0.4 is 5.32 Å². The van der Waals surface area contributed by atoms with Crippen LogP contribution in [0.5, 0.6) is 0 Å². The van der Waals surface area contributed by atoms with Gasteiger partial charge in [-0.3, -0.25) is 9.69 Å². The fraction of sp³-hybridized carbons (Fsp3) is 0.917. The minimum Gasteiger partial charge on any atom is -0.378 e. The van der Waals surface area contributed by atoms with Gasteiger partial charge in [0, 0.05) is 32.2 Å². The van der Waals surface area contributed by atoms with Crippen LogP contribution in [0, 0.1) is 0 Å². The number of hydrogen-bond donors (Lipinski definition) is 1. The van der Waals surface area contributed by atoms with E-state index in [-0.39, 0.29) is 18.3 Å². The van der Waals surface area contributed by atoms with Crippen molar-refractivity contribution in [2.75, 3.05) is 53.0 Å². The van der Waals surface area contributed by atoms with Crippen LogP contribution in [-0.4, -0.2) is 74.7 Å². The van der Waals surface area contributed by atoms with Gasteiger partial charge in [0.1, 0.15) is 0 Å². The first-order valence-corrected chi connectivity index (χ1v) is 6.54. The molecule has 0 radical (unpaired) electrons. The maximum atomic E-state index is 12.0. The fourth-order valence-corrected chi connectivity index (χ4v) is 2.48. The molecular formula is C12H24ClN3O2. The highest BCUT2D eigenvalue weighted by Crippen LogP contribution is 2.10. The summed E-state index contributed by atoms with van der Waals surface area (Å²) in [5.74, 6) is 0.260. The van der Waals surface area contributed by atoms with Crippen molar-refractivity contribution < 1.29 is 9.53 Å². The second-order valence-electron chi connectivity index (χ2n) is 4.83. The molecule has 0 aromatic rings. The van der Waals surface area contributed by atoms with E-state index in [4.69, 9.17) is 4.74 Å². The van der Waals surface area contributed by atoms with Gasteiger partial charge in [-0.2, -0.15) is 0 Å². The molecule has 2 aliphatic rings. The summed E-state index contributed by atoms with van der Waals surface area (Å²) in [7, 11) is 2.01. The van der Waals surface area contributed by atoms with Crippen LogP contribution in [0.4, 0.5) is 0 Å². The number of nitrogens with one attached hydrogen (secondary N) is 1. The maximum Gasteiger partial charge on any atom is 0.236 e. The molecule has 6 heteroatoms. The molecular weight excluding hydrogens is 254 g/mol. The Morgan fingerprint density at radius 2 is 1.83 bits per heavy atom. The van der Waals surface area contributed by atoms with E-state index in [1.54, 1.807) is 0 Å². The predicted octanol–water partition coefficient (Wildman–Crippen LogP) is -0.0492. The molecule has 2 rings (SSSR count). The van der Waals surface area contributed by atoms with Crippen LogP contribution in [0.1, 0.15) is 12.8 Å². The molecule has 0 atom stereocenters. The zero-order chi connectivity index (χ0) is 12.1. The highest BCUT2D eigenvalue weighted by atomic mass is 35.5. The third-order valence-electron chi connectivity index (χ3n) is 3.72. The number of piperidine rings is 1. The number of morpholine rings is 1. The summed E-state index contributed by atoms with van der Waals surface area (Å²) in [6, 6.07) is 0.629. The third-order valence-corrected chi connectivity index (χ3v) is 3.72. The summed E-state index contributed by atoms with van der Waals surface area (Å²) in [5.41, 5.74) is 0. The van der Waals surface area contributed by atoms with Gasteiger partial charge in [0.25, 0.3) is 0 Å². The number of halogens is 1. The summed E-state index contributed by atoms with van der Waals surface area (Å²) in [6.07, 6.45) is 2.29. The lowest BCUT2D eigenvalue weighted by molar-refractivity contribution is -0.136. The number of carbonyl (C=O) groups is 1. The Kier molecular flexibility index (Phi) is 6.92. The lowest BCUT2D eigenvalue weighted by atomic mass is 10.1. The van der Waals surface area contributed by atoms with Crippen LogP contribution in [-0.2, 0) is 9.53 Å². The highest BCUT2D eigenvalue weighted by Gasteiger charge is 2.23.